The number of rotatable bonds is 11. The van der Waals surface area contributed by atoms with E-state index in [2.05, 4.69) is 6.58 Å². The van der Waals surface area contributed by atoms with E-state index in [4.69, 9.17) is 19.7 Å². The number of ether oxygens (including phenoxy) is 2. The monoisotopic (exact) mass is 412 g/mol. The molecule has 164 valence electrons. The minimum atomic E-state index is -1.99. The topological polar surface area (TPSA) is 140 Å². The van der Waals surface area contributed by atoms with E-state index in [1.807, 2.05) is 12.1 Å². The standard InChI is InChI=1S/C21H32O8/c1-2-5-14-7-9-15(10-8-14)28-20-21(27,11-4-13-23)19(26)17(25)18(29-20)16(24)6-3-12-22/h2,7-10,16-20,22-27H,1,3-6,11-13H2/t16-,17+,18+,19-,20-,21+/m0/s1. The van der Waals surface area contributed by atoms with Gasteiger partial charge in [-0.2, -0.15) is 0 Å². The Kier molecular flexibility index (Phi) is 9.04. The predicted octanol–water partition coefficient (Wildman–Crippen LogP) is -0.122. The molecule has 1 aromatic rings. The quantitative estimate of drug-likeness (QED) is 0.277. The number of benzene rings is 1. The smallest absolute Gasteiger partial charge is 0.232 e. The second-order valence-corrected chi connectivity index (χ2v) is 7.37. The first-order valence-electron chi connectivity index (χ1n) is 9.87. The van der Waals surface area contributed by atoms with Crippen molar-refractivity contribution in [3.05, 3.63) is 42.5 Å². The van der Waals surface area contributed by atoms with Gasteiger partial charge in [-0.3, -0.25) is 0 Å². The summed E-state index contributed by atoms with van der Waals surface area (Å²) in [4.78, 5) is 0. The van der Waals surface area contributed by atoms with Crippen LogP contribution >= 0.6 is 0 Å². The Balaban J connectivity index is 2.24. The van der Waals surface area contributed by atoms with Crippen molar-refractivity contribution in [2.24, 2.45) is 0 Å². The molecule has 1 heterocycles. The maximum absolute atomic E-state index is 11.1. The third-order valence-corrected chi connectivity index (χ3v) is 5.18. The highest BCUT2D eigenvalue weighted by Crippen LogP contribution is 2.36. The van der Waals surface area contributed by atoms with Crippen LogP contribution in [0.1, 0.15) is 31.2 Å². The van der Waals surface area contributed by atoms with Gasteiger partial charge in [-0.15, -0.1) is 6.58 Å². The van der Waals surface area contributed by atoms with Gasteiger partial charge in [0, 0.05) is 13.2 Å². The van der Waals surface area contributed by atoms with E-state index in [9.17, 15) is 20.4 Å². The molecule has 1 fully saturated rings. The lowest BCUT2D eigenvalue weighted by molar-refractivity contribution is -0.330. The molecule has 1 aliphatic rings. The molecule has 0 bridgehead atoms. The number of hydrogen-bond acceptors (Lipinski definition) is 8. The van der Waals surface area contributed by atoms with Crippen molar-refractivity contribution in [1.82, 2.24) is 0 Å². The maximum Gasteiger partial charge on any atom is 0.232 e. The van der Waals surface area contributed by atoms with Gasteiger partial charge in [0.15, 0.2) is 5.60 Å². The Morgan fingerprint density at radius 2 is 1.79 bits per heavy atom. The van der Waals surface area contributed by atoms with Crippen LogP contribution < -0.4 is 4.74 Å². The van der Waals surface area contributed by atoms with Gasteiger partial charge in [0.25, 0.3) is 0 Å². The molecule has 8 nitrogen and oxygen atoms in total. The predicted molar refractivity (Wildman–Crippen MR) is 105 cm³/mol. The lowest BCUT2D eigenvalue weighted by Gasteiger charge is -2.49. The van der Waals surface area contributed by atoms with Crippen LogP contribution in [0.15, 0.2) is 36.9 Å². The maximum atomic E-state index is 11.1. The summed E-state index contributed by atoms with van der Waals surface area (Å²) in [6, 6.07) is 7.02. The van der Waals surface area contributed by atoms with Gasteiger partial charge in [-0.25, -0.2) is 0 Å². The molecule has 1 aromatic carbocycles. The number of aliphatic hydroxyl groups is 6. The van der Waals surface area contributed by atoms with Gasteiger partial charge in [0.1, 0.15) is 24.1 Å². The van der Waals surface area contributed by atoms with Gasteiger partial charge in [-0.05, 0) is 49.8 Å². The molecule has 6 atom stereocenters. The third kappa shape index (κ3) is 5.76. The number of aliphatic hydroxyl groups excluding tert-OH is 5. The van der Waals surface area contributed by atoms with Gasteiger partial charge in [-0.1, -0.05) is 18.2 Å². The average Bonchev–Trinajstić information content (AvgIpc) is 2.72. The molecule has 1 aliphatic heterocycles. The molecule has 2 rings (SSSR count). The SMILES string of the molecule is C=CCc1ccc(O[C@H]2O[C@H]([C@@H](O)CCCO)[C@@H](O)[C@H](O)[C@]2(O)CCCO)cc1. The third-order valence-electron chi connectivity index (χ3n) is 5.18. The lowest BCUT2D eigenvalue weighted by atomic mass is 9.81. The Morgan fingerprint density at radius 1 is 1.14 bits per heavy atom. The second kappa shape index (κ2) is 11.0. The molecule has 0 aromatic heterocycles. The Morgan fingerprint density at radius 3 is 2.38 bits per heavy atom. The second-order valence-electron chi connectivity index (χ2n) is 7.37. The van der Waals surface area contributed by atoms with Crippen molar-refractivity contribution in [3.63, 3.8) is 0 Å². The van der Waals surface area contributed by atoms with Crippen molar-refractivity contribution in [1.29, 1.82) is 0 Å². The summed E-state index contributed by atoms with van der Waals surface area (Å²) in [5.41, 5.74) is -0.977. The zero-order valence-electron chi connectivity index (χ0n) is 16.4. The summed E-state index contributed by atoms with van der Waals surface area (Å²) in [6.07, 6.45) is -4.05. The van der Waals surface area contributed by atoms with E-state index in [-0.39, 0.29) is 38.9 Å². The first kappa shape index (κ1) is 23.8. The molecule has 0 unspecified atom stereocenters. The zero-order valence-corrected chi connectivity index (χ0v) is 16.4. The summed E-state index contributed by atoms with van der Waals surface area (Å²) < 4.78 is 11.5. The van der Waals surface area contributed by atoms with E-state index >= 15 is 0 Å². The van der Waals surface area contributed by atoms with Crippen molar-refractivity contribution in [3.8, 4) is 5.75 Å². The van der Waals surface area contributed by atoms with Crippen LogP contribution in [0.4, 0.5) is 0 Å². The summed E-state index contributed by atoms with van der Waals surface area (Å²) in [5, 5.41) is 60.6. The lowest BCUT2D eigenvalue weighted by Crippen LogP contribution is -2.69. The van der Waals surface area contributed by atoms with Crippen molar-refractivity contribution in [2.75, 3.05) is 13.2 Å². The molecule has 29 heavy (non-hydrogen) atoms. The van der Waals surface area contributed by atoms with Crippen LogP contribution in [-0.4, -0.2) is 80.2 Å². The van der Waals surface area contributed by atoms with Crippen LogP contribution in [0.25, 0.3) is 0 Å². The fraction of sp³-hybridized carbons (Fsp3) is 0.619. The molecular formula is C21H32O8. The number of hydrogen-bond donors (Lipinski definition) is 6. The van der Waals surface area contributed by atoms with Gasteiger partial charge < -0.3 is 40.1 Å². The van der Waals surface area contributed by atoms with Gasteiger partial charge in [0.05, 0.1) is 6.10 Å². The molecule has 0 spiro atoms. The van der Waals surface area contributed by atoms with E-state index in [0.29, 0.717) is 12.2 Å². The van der Waals surface area contributed by atoms with Gasteiger partial charge in [0.2, 0.25) is 6.29 Å². The first-order valence-corrected chi connectivity index (χ1v) is 9.87. The van der Waals surface area contributed by atoms with E-state index < -0.39 is 36.3 Å². The van der Waals surface area contributed by atoms with Gasteiger partial charge >= 0.3 is 0 Å². The Hall–Kier alpha value is -1.52. The number of allylic oxidation sites excluding steroid dienone is 1. The summed E-state index contributed by atoms with van der Waals surface area (Å²) in [7, 11) is 0. The van der Waals surface area contributed by atoms with Crippen LogP contribution in [0.2, 0.25) is 0 Å². The molecule has 8 heteroatoms. The van der Waals surface area contributed by atoms with Crippen molar-refractivity contribution < 1.29 is 40.1 Å². The first-order chi connectivity index (χ1) is 13.9. The fourth-order valence-electron chi connectivity index (χ4n) is 3.49. The Labute approximate surface area is 170 Å². The molecule has 0 amide bonds. The molecule has 0 aliphatic carbocycles. The van der Waals surface area contributed by atoms with Crippen molar-refractivity contribution >= 4 is 0 Å². The normalized spacial score (nSPS) is 30.7. The highest BCUT2D eigenvalue weighted by atomic mass is 16.7. The highest BCUT2D eigenvalue weighted by Gasteiger charge is 2.57. The molecule has 6 N–H and O–H groups in total. The summed E-state index contributed by atoms with van der Waals surface area (Å²) >= 11 is 0. The van der Waals surface area contributed by atoms with Crippen LogP contribution in [0, 0.1) is 0 Å². The zero-order chi connectivity index (χ0) is 21.4. The summed E-state index contributed by atoms with van der Waals surface area (Å²) in [6.45, 7) is 3.32. The summed E-state index contributed by atoms with van der Waals surface area (Å²) in [5.74, 6) is 0.373. The minimum absolute atomic E-state index is 0.0829. The van der Waals surface area contributed by atoms with E-state index in [1.165, 1.54) is 0 Å². The molecule has 0 radical (unpaired) electrons. The minimum Gasteiger partial charge on any atom is -0.462 e. The van der Waals surface area contributed by atoms with Crippen molar-refractivity contribution in [2.45, 2.75) is 68.4 Å². The Bertz CT molecular complexity index is 620. The molecular weight excluding hydrogens is 380 g/mol. The molecule has 0 saturated carbocycles. The van der Waals surface area contributed by atoms with Crippen LogP contribution in [0.3, 0.4) is 0 Å². The van der Waals surface area contributed by atoms with Crippen LogP contribution in [0.5, 0.6) is 5.75 Å². The average molecular weight is 412 g/mol. The van der Waals surface area contributed by atoms with E-state index in [1.54, 1.807) is 18.2 Å². The largest absolute Gasteiger partial charge is 0.462 e. The highest BCUT2D eigenvalue weighted by molar-refractivity contribution is 5.28. The van der Waals surface area contributed by atoms with Crippen LogP contribution in [-0.2, 0) is 11.2 Å². The fourth-order valence-corrected chi connectivity index (χ4v) is 3.49. The van der Waals surface area contributed by atoms with E-state index in [0.717, 1.165) is 5.56 Å². The molecule has 1 saturated heterocycles.